The van der Waals surface area contributed by atoms with Crippen LogP contribution < -0.4 is 5.32 Å². The molecule has 3 N–H and O–H groups in total. The third-order valence-corrected chi connectivity index (χ3v) is 3.17. The summed E-state index contributed by atoms with van der Waals surface area (Å²) in [6.45, 7) is 6.41. The van der Waals surface area contributed by atoms with Crippen molar-refractivity contribution in [2.24, 2.45) is 5.92 Å². The van der Waals surface area contributed by atoms with Crippen molar-refractivity contribution in [1.29, 1.82) is 0 Å². The molecule has 3 aromatic rings. The zero-order valence-corrected chi connectivity index (χ0v) is 15.6. The maximum absolute atomic E-state index is 14.1. The van der Waals surface area contributed by atoms with Gasteiger partial charge < -0.3 is 10.4 Å². The number of nitrogens with zero attached hydrogens (tertiary/aromatic N) is 3. The number of pyridine rings is 2. The third kappa shape index (κ3) is 5.41. The Bertz CT molecular complexity index is 972. The highest BCUT2D eigenvalue weighted by Gasteiger charge is 2.18. The molecule has 28 heavy (non-hydrogen) atoms. The average Bonchev–Trinajstić information content (AvgIpc) is 2.99. The Labute approximate surface area is 159 Å². The molecule has 0 amide bonds. The molecule has 0 bridgehead atoms. The largest absolute Gasteiger partial charge is 0.481 e. The minimum absolute atomic E-state index is 0.0378. The Morgan fingerprint density at radius 2 is 1.89 bits per heavy atom. The fourth-order valence-electron chi connectivity index (χ4n) is 2.11. The van der Waals surface area contributed by atoms with Crippen molar-refractivity contribution in [3.8, 4) is 11.4 Å². The predicted octanol–water partition coefficient (Wildman–Crippen LogP) is 3.99. The van der Waals surface area contributed by atoms with Crippen LogP contribution in [0, 0.1) is 23.4 Å². The molecule has 0 aromatic carbocycles. The number of halogens is 3. The number of aromatic nitrogens is 4. The zero-order valence-electron chi connectivity index (χ0n) is 15.6. The van der Waals surface area contributed by atoms with E-state index in [4.69, 9.17) is 5.11 Å². The van der Waals surface area contributed by atoms with Gasteiger partial charge in [-0.25, -0.2) is 23.1 Å². The maximum Gasteiger partial charge on any atom is 0.305 e. The summed E-state index contributed by atoms with van der Waals surface area (Å²) in [5.74, 6) is -3.17. The van der Waals surface area contributed by atoms with Gasteiger partial charge in [0, 0.05) is 12.6 Å². The molecule has 0 aliphatic carbocycles. The predicted molar refractivity (Wildman–Crippen MR) is 98.2 cm³/mol. The maximum atomic E-state index is 14.1. The second-order valence-corrected chi connectivity index (χ2v) is 6.58. The Hall–Kier alpha value is -3.17. The third-order valence-electron chi connectivity index (χ3n) is 3.17. The molecular weight excluding hydrogens is 375 g/mol. The van der Waals surface area contributed by atoms with Crippen LogP contribution in [0.4, 0.5) is 19.0 Å². The highest BCUT2D eigenvalue weighted by molar-refractivity contribution is 5.89. The molecule has 10 heteroatoms. The fourth-order valence-corrected chi connectivity index (χ4v) is 2.11. The van der Waals surface area contributed by atoms with Gasteiger partial charge in [0.25, 0.3) is 0 Å². The van der Waals surface area contributed by atoms with Crippen molar-refractivity contribution < 1.29 is 23.1 Å². The molecular formula is C18H20F3N5O2. The van der Waals surface area contributed by atoms with E-state index in [2.05, 4.69) is 46.3 Å². The van der Waals surface area contributed by atoms with E-state index in [1.165, 1.54) is 0 Å². The van der Waals surface area contributed by atoms with Crippen LogP contribution >= 0.6 is 0 Å². The molecule has 150 valence electrons. The number of carboxylic acid groups (broad SMARTS) is 1. The number of rotatable bonds is 5. The number of aliphatic carboxylic acids is 1. The van der Waals surface area contributed by atoms with E-state index in [0.29, 0.717) is 6.07 Å². The normalized spacial score (nSPS) is 10.7. The molecule has 7 nitrogen and oxygen atoms in total. The molecule has 0 fully saturated rings. The first-order valence-corrected chi connectivity index (χ1v) is 8.50. The second kappa shape index (κ2) is 9.16. The molecule has 0 spiro atoms. The number of carbonyl (C=O) groups is 1. The van der Waals surface area contributed by atoms with E-state index < -0.39 is 23.4 Å². The molecule has 0 radical (unpaired) electrons. The van der Waals surface area contributed by atoms with Crippen molar-refractivity contribution in [1.82, 2.24) is 20.2 Å². The summed E-state index contributed by atoms with van der Waals surface area (Å²) >= 11 is 0. The number of aromatic amines is 1. The van der Waals surface area contributed by atoms with E-state index in [-0.39, 0.29) is 41.2 Å². The average molecular weight is 395 g/mol. The van der Waals surface area contributed by atoms with Crippen molar-refractivity contribution in [2.45, 2.75) is 27.2 Å². The SMILES string of the molecule is CC(C)C.O=C(O)CCNc1nc(-c2[nH]nc3ncc(F)cc23)c(F)cc1F. The van der Waals surface area contributed by atoms with E-state index in [9.17, 15) is 18.0 Å². The molecule has 0 saturated carbocycles. The summed E-state index contributed by atoms with van der Waals surface area (Å²) in [4.78, 5) is 18.0. The highest BCUT2D eigenvalue weighted by atomic mass is 19.1. The molecule has 0 saturated heterocycles. The summed E-state index contributed by atoms with van der Waals surface area (Å²) in [5.41, 5.74) is -0.0998. The number of hydrogen-bond donors (Lipinski definition) is 3. The lowest BCUT2D eigenvalue weighted by atomic mass is 10.2. The molecule has 0 aliphatic rings. The molecule has 0 aliphatic heterocycles. The van der Waals surface area contributed by atoms with Gasteiger partial charge in [0.05, 0.1) is 23.7 Å². The number of fused-ring (bicyclic) bond motifs is 1. The van der Waals surface area contributed by atoms with Gasteiger partial charge in [0.1, 0.15) is 11.5 Å². The van der Waals surface area contributed by atoms with Gasteiger partial charge in [-0.1, -0.05) is 20.8 Å². The Balaban J connectivity index is 0.000000640. The van der Waals surface area contributed by atoms with E-state index in [1.807, 2.05) is 0 Å². The first-order valence-electron chi connectivity index (χ1n) is 8.50. The number of nitrogens with one attached hydrogen (secondary N) is 2. The fraction of sp³-hybridized carbons (Fsp3) is 0.333. The van der Waals surface area contributed by atoms with Crippen LogP contribution in [0.2, 0.25) is 0 Å². The first kappa shape index (κ1) is 21.1. The van der Waals surface area contributed by atoms with Gasteiger partial charge in [-0.15, -0.1) is 0 Å². The number of anilines is 1. The minimum atomic E-state index is -1.08. The molecule has 3 aromatic heterocycles. The van der Waals surface area contributed by atoms with Crippen molar-refractivity contribution >= 4 is 22.8 Å². The van der Waals surface area contributed by atoms with Crippen LogP contribution in [0.25, 0.3) is 22.4 Å². The summed E-state index contributed by atoms with van der Waals surface area (Å²) in [6, 6.07) is 1.70. The van der Waals surface area contributed by atoms with E-state index in [0.717, 1.165) is 18.2 Å². The second-order valence-electron chi connectivity index (χ2n) is 6.58. The van der Waals surface area contributed by atoms with Crippen LogP contribution in [0.15, 0.2) is 18.3 Å². The number of carboxylic acids is 1. The summed E-state index contributed by atoms with van der Waals surface area (Å²) in [7, 11) is 0. The van der Waals surface area contributed by atoms with Gasteiger partial charge in [0.15, 0.2) is 23.1 Å². The Morgan fingerprint density at radius 3 is 2.54 bits per heavy atom. The molecule has 0 atom stereocenters. The van der Waals surface area contributed by atoms with Gasteiger partial charge >= 0.3 is 5.97 Å². The van der Waals surface area contributed by atoms with Crippen LogP contribution in [-0.4, -0.2) is 37.8 Å². The summed E-state index contributed by atoms with van der Waals surface area (Å²) < 4.78 is 41.2. The number of H-pyrrole nitrogens is 1. The summed E-state index contributed by atoms with van der Waals surface area (Å²) in [5, 5.41) is 17.6. The quantitative estimate of drug-likeness (QED) is 0.604. The van der Waals surface area contributed by atoms with Crippen molar-refractivity contribution in [3.05, 3.63) is 35.8 Å². The van der Waals surface area contributed by atoms with Crippen LogP contribution in [0.3, 0.4) is 0 Å². The zero-order chi connectivity index (χ0) is 20.8. The van der Waals surface area contributed by atoms with Crippen molar-refractivity contribution in [2.75, 3.05) is 11.9 Å². The topological polar surface area (TPSA) is 104 Å². The van der Waals surface area contributed by atoms with Gasteiger partial charge in [0.2, 0.25) is 0 Å². The Morgan fingerprint density at radius 1 is 1.21 bits per heavy atom. The molecule has 0 unspecified atom stereocenters. The van der Waals surface area contributed by atoms with Crippen LogP contribution in [0.5, 0.6) is 0 Å². The van der Waals surface area contributed by atoms with Crippen molar-refractivity contribution in [3.63, 3.8) is 0 Å². The van der Waals surface area contributed by atoms with E-state index >= 15 is 0 Å². The van der Waals surface area contributed by atoms with Crippen LogP contribution in [0.1, 0.15) is 27.2 Å². The van der Waals surface area contributed by atoms with Crippen LogP contribution in [-0.2, 0) is 4.79 Å². The van der Waals surface area contributed by atoms with Gasteiger partial charge in [-0.3, -0.25) is 9.89 Å². The smallest absolute Gasteiger partial charge is 0.305 e. The summed E-state index contributed by atoms with van der Waals surface area (Å²) in [6.07, 6.45) is 0.691. The lowest BCUT2D eigenvalue weighted by Crippen LogP contribution is -2.11. The Kier molecular flexibility index (Phi) is 6.91. The van der Waals surface area contributed by atoms with Gasteiger partial charge in [-0.2, -0.15) is 5.10 Å². The minimum Gasteiger partial charge on any atom is -0.481 e. The van der Waals surface area contributed by atoms with Gasteiger partial charge in [-0.05, 0) is 12.0 Å². The monoisotopic (exact) mass is 395 g/mol. The lowest BCUT2D eigenvalue weighted by molar-refractivity contribution is -0.136. The lowest BCUT2D eigenvalue weighted by Gasteiger charge is -2.08. The standard InChI is InChI=1S/C14H10F3N5O2.C4H10/c15-6-3-7-11(21-22-13(7)19-5-6)12-8(16)4-9(17)14(20-12)18-2-1-10(23)24;1-4(2)3/h3-5H,1-2H2,(H,18,20)(H,23,24)(H,19,21,22);4H,1-3H3. The van der Waals surface area contributed by atoms with E-state index in [1.54, 1.807) is 0 Å². The number of hydrogen-bond acceptors (Lipinski definition) is 5. The first-order chi connectivity index (χ1) is 13.2. The highest BCUT2D eigenvalue weighted by Crippen LogP contribution is 2.28. The molecule has 3 rings (SSSR count). The molecule has 3 heterocycles.